The van der Waals surface area contributed by atoms with E-state index in [9.17, 15) is 13.2 Å². The molecule has 4 aromatic rings. The molecule has 1 aromatic heterocycles. The number of nitrogens with zero attached hydrogens (tertiary/aromatic N) is 3. The van der Waals surface area contributed by atoms with Crippen molar-refractivity contribution >= 4 is 21.9 Å². The lowest BCUT2D eigenvalue weighted by atomic mass is 9.65. The topological polar surface area (TPSA) is 72.3 Å². The molecule has 1 aliphatic carbocycles. The summed E-state index contributed by atoms with van der Waals surface area (Å²) in [6.45, 7) is 8.76. The van der Waals surface area contributed by atoms with Gasteiger partial charge in [-0.3, -0.25) is 4.79 Å². The van der Waals surface area contributed by atoms with E-state index in [0.29, 0.717) is 24.9 Å². The third-order valence-electron chi connectivity index (χ3n) is 8.49. The van der Waals surface area contributed by atoms with Gasteiger partial charge in [0.15, 0.2) is 5.78 Å². The van der Waals surface area contributed by atoms with Gasteiger partial charge in [0.05, 0.1) is 27.9 Å². The number of aryl methyl sites for hydroxylation is 1. The molecule has 6 rings (SSSR count). The number of piperidine rings is 1. The predicted molar refractivity (Wildman–Crippen MR) is 162 cm³/mol. The van der Waals surface area contributed by atoms with Gasteiger partial charge >= 0.3 is 0 Å². The SMILES string of the molecule is Cc1ccc(-n2ncc3c2C=C2CCN(S(=O)(=O)c4ccc(C(C)(C)C)cc4)C[C@@]2(C(=O)c2ccccc2)C3)cc1. The summed E-state index contributed by atoms with van der Waals surface area (Å²) in [7, 11) is -3.81. The number of carbonyl (C=O) groups is 1. The fourth-order valence-electron chi connectivity index (χ4n) is 6.05. The Bertz CT molecular complexity index is 1750. The highest BCUT2D eigenvalue weighted by molar-refractivity contribution is 7.89. The Morgan fingerprint density at radius 2 is 1.61 bits per heavy atom. The number of sulfonamides is 1. The highest BCUT2D eigenvalue weighted by atomic mass is 32.2. The summed E-state index contributed by atoms with van der Waals surface area (Å²) < 4.78 is 31.4. The van der Waals surface area contributed by atoms with Crippen LogP contribution >= 0.6 is 0 Å². The number of ketones is 1. The van der Waals surface area contributed by atoms with Crippen LogP contribution in [0.4, 0.5) is 0 Å². The van der Waals surface area contributed by atoms with Crippen LogP contribution in [0.25, 0.3) is 11.8 Å². The van der Waals surface area contributed by atoms with E-state index in [4.69, 9.17) is 5.10 Å². The van der Waals surface area contributed by atoms with Crippen molar-refractivity contribution in [1.29, 1.82) is 0 Å². The smallest absolute Gasteiger partial charge is 0.243 e. The Balaban J connectivity index is 1.41. The van der Waals surface area contributed by atoms with Gasteiger partial charge in [-0.05, 0) is 66.6 Å². The lowest BCUT2D eigenvalue weighted by molar-refractivity contribution is 0.0775. The van der Waals surface area contributed by atoms with Crippen molar-refractivity contribution in [1.82, 2.24) is 14.1 Å². The zero-order valence-corrected chi connectivity index (χ0v) is 24.8. The first kappa shape index (κ1) is 27.4. The van der Waals surface area contributed by atoms with Crippen LogP contribution in [0.5, 0.6) is 0 Å². The minimum Gasteiger partial charge on any atom is -0.293 e. The van der Waals surface area contributed by atoms with Gasteiger partial charge in [0.2, 0.25) is 10.0 Å². The van der Waals surface area contributed by atoms with Crippen LogP contribution < -0.4 is 0 Å². The van der Waals surface area contributed by atoms with Crippen molar-refractivity contribution in [3.05, 3.63) is 119 Å². The summed E-state index contributed by atoms with van der Waals surface area (Å²) in [5.74, 6) is -0.0546. The molecule has 0 spiro atoms. The number of hydrogen-bond acceptors (Lipinski definition) is 4. The molecule has 1 atom stereocenters. The second kappa shape index (κ2) is 9.93. The van der Waals surface area contributed by atoms with E-state index in [1.54, 1.807) is 12.1 Å². The molecule has 0 unspecified atom stereocenters. The summed E-state index contributed by atoms with van der Waals surface area (Å²) in [4.78, 5) is 14.6. The maximum Gasteiger partial charge on any atom is 0.243 e. The van der Waals surface area contributed by atoms with Crippen molar-refractivity contribution in [2.24, 2.45) is 5.41 Å². The van der Waals surface area contributed by atoms with Gasteiger partial charge in [0.1, 0.15) is 0 Å². The Hall–Kier alpha value is -3.81. The molecular weight excluding hydrogens is 530 g/mol. The largest absolute Gasteiger partial charge is 0.293 e. The number of hydrogen-bond donors (Lipinski definition) is 0. The number of rotatable bonds is 5. The van der Waals surface area contributed by atoms with E-state index in [2.05, 4.69) is 45.9 Å². The fraction of sp³-hybridized carbons (Fsp3) is 0.294. The van der Waals surface area contributed by atoms with E-state index in [1.807, 2.05) is 65.5 Å². The third-order valence-corrected chi connectivity index (χ3v) is 10.3. The second-order valence-electron chi connectivity index (χ2n) is 12.3. The molecule has 1 saturated heterocycles. The highest BCUT2D eigenvalue weighted by Gasteiger charge is 2.50. The van der Waals surface area contributed by atoms with Gasteiger partial charge in [-0.25, -0.2) is 13.1 Å². The van der Waals surface area contributed by atoms with E-state index in [1.165, 1.54) is 9.87 Å². The number of Topliss-reactive ketones (excluding diaryl/α,β-unsaturated/α-hetero) is 1. The molecule has 210 valence electrons. The van der Waals surface area contributed by atoms with E-state index >= 15 is 0 Å². The van der Waals surface area contributed by atoms with Gasteiger partial charge in [-0.2, -0.15) is 9.40 Å². The summed E-state index contributed by atoms with van der Waals surface area (Å²) in [5.41, 5.74) is 5.54. The number of benzene rings is 3. The predicted octanol–water partition coefficient (Wildman–Crippen LogP) is 6.38. The summed E-state index contributed by atoms with van der Waals surface area (Å²) in [6, 6.07) is 24.6. The maximum absolute atomic E-state index is 14.4. The van der Waals surface area contributed by atoms with Crippen LogP contribution in [-0.4, -0.2) is 41.4 Å². The van der Waals surface area contributed by atoms with Crippen molar-refractivity contribution in [2.75, 3.05) is 13.1 Å². The zero-order valence-electron chi connectivity index (χ0n) is 24.0. The molecule has 0 radical (unpaired) electrons. The van der Waals surface area contributed by atoms with Gasteiger partial charge in [-0.1, -0.05) is 86.5 Å². The first-order valence-corrected chi connectivity index (χ1v) is 15.5. The molecular formula is C34H35N3O3S. The Labute approximate surface area is 242 Å². The van der Waals surface area contributed by atoms with E-state index < -0.39 is 15.4 Å². The summed E-state index contributed by atoms with van der Waals surface area (Å²) in [5, 5.41) is 4.69. The highest BCUT2D eigenvalue weighted by Crippen LogP contribution is 2.47. The normalized spacial score (nSPS) is 19.3. The Kier molecular flexibility index (Phi) is 6.63. The van der Waals surface area contributed by atoms with Crippen molar-refractivity contribution in [3.63, 3.8) is 0 Å². The molecule has 0 N–H and O–H groups in total. The molecule has 0 saturated carbocycles. The van der Waals surface area contributed by atoms with Gasteiger partial charge < -0.3 is 0 Å². The maximum atomic E-state index is 14.4. The number of fused-ring (bicyclic) bond motifs is 2. The standard InChI is InChI=1S/C34H35N3O3S/c1-24-10-14-29(15-11-24)37-31-20-28-18-19-36(41(39,40)30-16-12-27(13-17-30)33(2,3)4)23-34(28,21-26(31)22-35-37)32(38)25-8-6-5-7-9-25/h5-17,20,22H,18-19,21,23H2,1-4H3/t34-/m0/s1. The van der Waals surface area contributed by atoms with Gasteiger partial charge in [0.25, 0.3) is 0 Å². The average Bonchev–Trinajstić information content (AvgIpc) is 3.37. The van der Waals surface area contributed by atoms with Crippen LogP contribution in [0.15, 0.2) is 95.5 Å². The lowest BCUT2D eigenvalue weighted by Gasteiger charge is -2.45. The lowest BCUT2D eigenvalue weighted by Crippen LogP contribution is -2.53. The van der Waals surface area contributed by atoms with Crippen molar-refractivity contribution in [2.45, 2.75) is 50.8 Å². The number of carbonyl (C=O) groups excluding carboxylic acids is 1. The van der Waals surface area contributed by atoms with Gasteiger partial charge in [0, 0.05) is 18.7 Å². The monoisotopic (exact) mass is 565 g/mol. The zero-order chi connectivity index (χ0) is 29.0. The first-order valence-electron chi connectivity index (χ1n) is 14.0. The molecule has 7 heteroatoms. The second-order valence-corrected chi connectivity index (χ2v) is 14.2. The molecule has 2 aliphatic rings. The van der Waals surface area contributed by atoms with Crippen LogP contribution in [0.2, 0.25) is 0 Å². The Morgan fingerprint density at radius 1 is 0.927 bits per heavy atom. The minimum absolute atomic E-state index is 0.0546. The molecule has 0 amide bonds. The summed E-state index contributed by atoms with van der Waals surface area (Å²) in [6.07, 6.45) is 4.76. The molecule has 0 bridgehead atoms. The molecule has 6 nitrogen and oxygen atoms in total. The molecule has 2 heterocycles. The van der Waals surface area contributed by atoms with Crippen molar-refractivity contribution in [3.8, 4) is 5.69 Å². The first-order chi connectivity index (χ1) is 19.5. The minimum atomic E-state index is -3.81. The van der Waals surface area contributed by atoms with Gasteiger partial charge in [-0.15, -0.1) is 0 Å². The van der Waals surface area contributed by atoms with Crippen LogP contribution in [0.1, 0.15) is 59.9 Å². The van der Waals surface area contributed by atoms with E-state index in [0.717, 1.165) is 28.1 Å². The van der Waals surface area contributed by atoms with Crippen LogP contribution in [0, 0.1) is 12.3 Å². The molecule has 3 aromatic carbocycles. The molecule has 41 heavy (non-hydrogen) atoms. The fourth-order valence-corrected chi connectivity index (χ4v) is 7.55. The number of aromatic nitrogens is 2. The van der Waals surface area contributed by atoms with Crippen LogP contribution in [-0.2, 0) is 21.9 Å². The van der Waals surface area contributed by atoms with E-state index in [-0.39, 0.29) is 22.6 Å². The third kappa shape index (κ3) is 4.77. The Morgan fingerprint density at radius 3 is 2.27 bits per heavy atom. The molecule has 1 aliphatic heterocycles. The summed E-state index contributed by atoms with van der Waals surface area (Å²) >= 11 is 0. The van der Waals surface area contributed by atoms with Crippen LogP contribution in [0.3, 0.4) is 0 Å². The quantitative estimate of drug-likeness (QED) is 0.263. The van der Waals surface area contributed by atoms with Crippen molar-refractivity contribution < 1.29 is 13.2 Å². The average molecular weight is 566 g/mol. The molecule has 1 fully saturated rings.